The van der Waals surface area contributed by atoms with E-state index in [-0.39, 0.29) is 0 Å². The average molecular weight is 381 g/mol. The van der Waals surface area contributed by atoms with Gasteiger partial charge in [0.2, 0.25) is 0 Å². The van der Waals surface area contributed by atoms with Crippen molar-refractivity contribution in [1.29, 1.82) is 0 Å². The first-order chi connectivity index (χ1) is 11.8. The van der Waals surface area contributed by atoms with Gasteiger partial charge in [-0.2, -0.15) is 5.10 Å². The van der Waals surface area contributed by atoms with E-state index >= 15 is 0 Å². The normalized spacial score (nSPS) is 10.9. The van der Waals surface area contributed by atoms with Crippen molar-refractivity contribution in [3.63, 3.8) is 0 Å². The molecule has 0 aromatic carbocycles. The van der Waals surface area contributed by atoms with Crippen LogP contribution in [0.3, 0.4) is 0 Å². The molecule has 0 atom stereocenters. The predicted molar refractivity (Wildman–Crippen MR) is 95.9 cm³/mol. The third kappa shape index (κ3) is 2.85. The third-order valence-corrected chi connectivity index (χ3v) is 4.04. The SMILES string of the molecule is Brc1cnc2c(NCc3cccnc3-n3cccn3)ccnc2c1. The maximum atomic E-state index is 4.46. The van der Waals surface area contributed by atoms with E-state index in [9.17, 15) is 0 Å². The summed E-state index contributed by atoms with van der Waals surface area (Å²) >= 11 is 3.42. The number of nitrogens with one attached hydrogen (secondary N) is 1. The summed E-state index contributed by atoms with van der Waals surface area (Å²) in [4.78, 5) is 13.3. The van der Waals surface area contributed by atoms with Crippen molar-refractivity contribution >= 4 is 32.7 Å². The number of hydrogen-bond donors (Lipinski definition) is 1. The summed E-state index contributed by atoms with van der Waals surface area (Å²) in [5.74, 6) is 0.809. The Balaban J connectivity index is 1.65. The van der Waals surface area contributed by atoms with E-state index in [1.54, 1.807) is 29.5 Å². The summed E-state index contributed by atoms with van der Waals surface area (Å²) < 4.78 is 2.67. The summed E-state index contributed by atoms with van der Waals surface area (Å²) in [6.07, 6.45) is 8.93. The fraction of sp³-hybridized carbons (Fsp3) is 0.0588. The smallest absolute Gasteiger partial charge is 0.158 e. The average Bonchev–Trinajstić information content (AvgIpc) is 3.14. The van der Waals surface area contributed by atoms with Crippen molar-refractivity contribution < 1.29 is 0 Å². The summed E-state index contributed by atoms with van der Waals surface area (Å²) in [6, 6.07) is 9.71. The lowest BCUT2D eigenvalue weighted by molar-refractivity contribution is 0.829. The lowest BCUT2D eigenvalue weighted by atomic mass is 10.2. The third-order valence-electron chi connectivity index (χ3n) is 3.60. The molecule has 0 spiro atoms. The first kappa shape index (κ1) is 14.8. The van der Waals surface area contributed by atoms with E-state index in [1.165, 1.54) is 0 Å². The van der Waals surface area contributed by atoms with Crippen LogP contribution in [-0.2, 0) is 6.54 Å². The largest absolute Gasteiger partial charge is 0.379 e. The summed E-state index contributed by atoms with van der Waals surface area (Å²) in [5, 5.41) is 7.69. The maximum absolute atomic E-state index is 4.46. The number of fused-ring (bicyclic) bond motifs is 1. The van der Waals surface area contributed by atoms with Crippen LogP contribution in [-0.4, -0.2) is 24.7 Å². The highest BCUT2D eigenvalue weighted by molar-refractivity contribution is 9.10. The van der Waals surface area contributed by atoms with Gasteiger partial charge in [-0.3, -0.25) is 9.97 Å². The highest BCUT2D eigenvalue weighted by atomic mass is 79.9. The van der Waals surface area contributed by atoms with Gasteiger partial charge in [-0.1, -0.05) is 6.07 Å². The zero-order valence-electron chi connectivity index (χ0n) is 12.6. The van der Waals surface area contributed by atoms with E-state index in [1.807, 2.05) is 36.5 Å². The van der Waals surface area contributed by atoms with Crippen LogP contribution in [0.1, 0.15) is 5.56 Å². The number of aromatic nitrogens is 5. The zero-order chi connectivity index (χ0) is 16.4. The number of anilines is 1. The van der Waals surface area contributed by atoms with Crippen molar-refractivity contribution in [3.05, 3.63) is 71.4 Å². The minimum atomic E-state index is 0.611. The molecule has 0 aliphatic carbocycles. The van der Waals surface area contributed by atoms with Gasteiger partial charge in [0.25, 0.3) is 0 Å². The van der Waals surface area contributed by atoms with E-state index in [4.69, 9.17) is 0 Å². The minimum absolute atomic E-state index is 0.611. The van der Waals surface area contributed by atoms with Gasteiger partial charge < -0.3 is 5.32 Å². The van der Waals surface area contributed by atoms with Gasteiger partial charge in [-0.05, 0) is 40.2 Å². The molecule has 4 aromatic rings. The second-order valence-corrected chi connectivity index (χ2v) is 6.09. The second kappa shape index (κ2) is 6.37. The van der Waals surface area contributed by atoms with E-state index in [2.05, 4.69) is 41.3 Å². The van der Waals surface area contributed by atoms with Crippen LogP contribution in [0.5, 0.6) is 0 Å². The zero-order valence-corrected chi connectivity index (χ0v) is 14.2. The summed E-state index contributed by atoms with van der Waals surface area (Å²) in [5.41, 5.74) is 3.66. The fourth-order valence-corrected chi connectivity index (χ4v) is 2.83. The quantitative estimate of drug-likeness (QED) is 0.585. The predicted octanol–water partition coefficient (Wildman–Crippen LogP) is 3.59. The van der Waals surface area contributed by atoms with Gasteiger partial charge >= 0.3 is 0 Å². The van der Waals surface area contributed by atoms with Crippen LogP contribution in [0.15, 0.2) is 65.8 Å². The molecule has 7 heteroatoms. The number of rotatable bonds is 4. The highest BCUT2D eigenvalue weighted by Gasteiger charge is 2.08. The standard InChI is InChI=1S/C17H13BrN6/c18-13-9-15-16(22-11-13)14(4-7-19-15)21-10-12-3-1-5-20-17(12)24-8-2-6-23-24/h1-9,11H,10H2,(H,19,21). The molecular formula is C17H13BrN6. The molecule has 0 fully saturated rings. The lowest BCUT2D eigenvalue weighted by Gasteiger charge is -2.11. The van der Waals surface area contributed by atoms with Crippen molar-refractivity contribution in [2.45, 2.75) is 6.54 Å². The van der Waals surface area contributed by atoms with E-state index < -0.39 is 0 Å². The van der Waals surface area contributed by atoms with E-state index in [0.29, 0.717) is 6.54 Å². The van der Waals surface area contributed by atoms with Crippen LogP contribution in [0.4, 0.5) is 5.69 Å². The molecule has 24 heavy (non-hydrogen) atoms. The molecule has 1 N–H and O–H groups in total. The Hall–Kier alpha value is -2.80. The molecule has 4 aromatic heterocycles. The Labute approximate surface area is 146 Å². The minimum Gasteiger partial charge on any atom is -0.379 e. The first-order valence-electron chi connectivity index (χ1n) is 7.39. The molecule has 118 valence electrons. The topological polar surface area (TPSA) is 68.5 Å². The van der Waals surface area contributed by atoms with Crippen molar-refractivity contribution in [1.82, 2.24) is 24.7 Å². The van der Waals surface area contributed by atoms with Crippen LogP contribution >= 0.6 is 15.9 Å². The second-order valence-electron chi connectivity index (χ2n) is 5.17. The Bertz CT molecular complexity index is 983. The Morgan fingerprint density at radius 2 is 2.00 bits per heavy atom. The van der Waals surface area contributed by atoms with Gasteiger partial charge in [0.1, 0.15) is 5.52 Å². The van der Waals surface area contributed by atoms with Crippen molar-refractivity contribution in [2.75, 3.05) is 5.32 Å². The molecule has 4 heterocycles. The molecule has 0 saturated heterocycles. The van der Waals surface area contributed by atoms with Gasteiger partial charge in [0.15, 0.2) is 5.82 Å². The van der Waals surface area contributed by atoms with Gasteiger partial charge in [-0.15, -0.1) is 0 Å². The Morgan fingerprint density at radius 3 is 2.88 bits per heavy atom. The Morgan fingerprint density at radius 1 is 1.04 bits per heavy atom. The molecule has 0 radical (unpaired) electrons. The van der Waals surface area contributed by atoms with Crippen LogP contribution in [0.25, 0.3) is 16.9 Å². The molecule has 6 nitrogen and oxygen atoms in total. The maximum Gasteiger partial charge on any atom is 0.158 e. The van der Waals surface area contributed by atoms with Gasteiger partial charge in [0.05, 0.1) is 11.2 Å². The number of pyridine rings is 3. The molecule has 0 aliphatic rings. The molecule has 0 aliphatic heterocycles. The molecule has 0 unspecified atom stereocenters. The molecule has 0 amide bonds. The molecule has 4 rings (SSSR count). The van der Waals surface area contributed by atoms with Gasteiger partial charge in [-0.25, -0.2) is 9.67 Å². The fourth-order valence-electron chi connectivity index (χ4n) is 2.51. The summed E-state index contributed by atoms with van der Waals surface area (Å²) in [7, 11) is 0. The molecule has 0 bridgehead atoms. The lowest BCUT2D eigenvalue weighted by Crippen LogP contribution is -2.08. The van der Waals surface area contributed by atoms with Crippen LogP contribution in [0.2, 0.25) is 0 Å². The van der Waals surface area contributed by atoms with Crippen molar-refractivity contribution in [2.24, 2.45) is 0 Å². The first-order valence-corrected chi connectivity index (χ1v) is 8.18. The molecular weight excluding hydrogens is 368 g/mol. The highest BCUT2D eigenvalue weighted by Crippen LogP contribution is 2.23. The van der Waals surface area contributed by atoms with E-state index in [0.717, 1.165) is 32.6 Å². The summed E-state index contributed by atoms with van der Waals surface area (Å²) in [6.45, 7) is 0.611. The number of hydrogen-bond acceptors (Lipinski definition) is 5. The monoisotopic (exact) mass is 380 g/mol. The number of halogens is 1. The van der Waals surface area contributed by atoms with Crippen molar-refractivity contribution in [3.8, 4) is 5.82 Å². The number of nitrogens with zero attached hydrogens (tertiary/aromatic N) is 5. The van der Waals surface area contributed by atoms with Gasteiger partial charge in [0, 0.05) is 47.6 Å². The van der Waals surface area contributed by atoms with Crippen LogP contribution in [0, 0.1) is 0 Å². The molecule has 0 saturated carbocycles. The Kier molecular flexibility index (Phi) is 3.92. The van der Waals surface area contributed by atoms with Crippen LogP contribution < -0.4 is 5.32 Å².